The maximum Gasteiger partial charge on any atom is 0.231 e. The van der Waals surface area contributed by atoms with E-state index in [0.717, 1.165) is 29.7 Å². The van der Waals surface area contributed by atoms with Gasteiger partial charge in [-0.05, 0) is 50.2 Å². The van der Waals surface area contributed by atoms with Crippen LogP contribution in [0.5, 0.6) is 0 Å². The lowest BCUT2D eigenvalue weighted by molar-refractivity contribution is -0.127. The van der Waals surface area contributed by atoms with Gasteiger partial charge in [0.1, 0.15) is 0 Å². The molecule has 0 unspecified atom stereocenters. The van der Waals surface area contributed by atoms with Crippen molar-refractivity contribution in [1.82, 2.24) is 25.2 Å². The Morgan fingerprint density at radius 1 is 1.36 bits per heavy atom. The molecule has 146 valence electrons. The van der Waals surface area contributed by atoms with Gasteiger partial charge < -0.3 is 9.84 Å². The first-order valence-electron chi connectivity index (χ1n) is 9.74. The van der Waals surface area contributed by atoms with Gasteiger partial charge in [-0.25, -0.2) is 0 Å². The summed E-state index contributed by atoms with van der Waals surface area (Å²) in [5, 5.41) is 11.5. The summed E-state index contributed by atoms with van der Waals surface area (Å²) in [5.74, 6) is 2.14. The predicted octanol–water partition coefficient (Wildman–Crippen LogP) is 3.29. The van der Waals surface area contributed by atoms with Gasteiger partial charge in [-0.15, -0.1) is 11.3 Å². The minimum absolute atomic E-state index is 0.0231. The Bertz CT molecular complexity index is 1010. The molecule has 7 nitrogen and oxygen atoms in total. The van der Waals surface area contributed by atoms with Gasteiger partial charge in [-0.3, -0.25) is 9.48 Å². The number of fused-ring (bicyclic) bond motifs is 2. The van der Waals surface area contributed by atoms with E-state index in [1.165, 1.54) is 4.88 Å². The highest BCUT2D eigenvalue weighted by atomic mass is 32.1. The van der Waals surface area contributed by atoms with Crippen molar-refractivity contribution in [1.29, 1.82) is 0 Å². The second-order valence-electron chi connectivity index (χ2n) is 7.99. The first-order valence-corrected chi connectivity index (χ1v) is 10.6. The molecule has 3 aromatic heterocycles. The molecule has 4 atom stereocenters. The van der Waals surface area contributed by atoms with Crippen LogP contribution in [0.25, 0.3) is 10.7 Å². The monoisotopic (exact) mass is 397 g/mol. The molecule has 0 aromatic carbocycles. The van der Waals surface area contributed by atoms with Gasteiger partial charge in [-0.1, -0.05) is 5.16 Å². The largest absolute Gasteiger partial charge is 0.352 e. The minimum atomic E-state index is -0.0891. The second-order valence-corrected chi connectivity index (χ2v) is 9.28. The molecule has 0 radical (unpaired) electrons. The van der Waals surface area contributed by atoms with Crippen LogP contribution in [0, 0.1) is 24.7 Å². The van der Waals surface area contributed by atoms with Crippen LogP contribution in [0.4, 0.5) is 0 Å². The van der Waals surface area contributed by atoms with E-state index in [4.69, 9.17) is 4.52 Å². The highest BCUT2D eigenvalue weighted by Gasteiger charge is 2.53. The number of nitrogens with one attached hydrogen (secondary N) is 1. The van der Waals surface area contributed by atoms with Gasteiger partial charge in [0.05, 0.1) is 22.9 Å². The molecule has 3 heterocycles. The fraction of sp³-hybridized carbons (Fsp3) is 0.500. The van der Waals surface area contributed by atoms with Crippen molar-refractivity contribution in [3.05, 3.63) is 40.9 Å². The predicted molar refractivity (Wildman–Crippen MR) is 104 cm³/mol. The summed E-state index contributed by atoms with van der Waals surface area (Å²) in [7, 11) is 1.87. The number of thiophene rings is 1. The maximum absolute atomic E-state index is 13.1. The molecule has 28 heavy (non-hydrogen) atoms. The first kappa shape index (κ1) is 17.6. The summed E-state index contributed by atoms with van der Waals surface area (Å²) in [6.07, 6.45) is 7.03. The molecular formula is C20H23N5O2S. The molecule has 2 aliphatic carbocycles. The van der Waals surface area contributed by atoms with Crippen LogP contribution in [0.2, 0.25) is 0 Å². The van der Waals surface area contributed by atoms with Crippen LogP contribution in [-0.4, -0.2) is 25.8 Å². The van der Waals surface area contributed by atoms with Gasteiger partial charge in [0, 0.05) is 30.2 Å². The molecule has 2 fully saturated rings. The van der Waals surface area contributed by atoms with Crippen LogP contribution in [0.1, 0.15) is 41.5 Å². The third kappa shape index (κ3) is 3.05. The van der Waals surface area contributed by atoms with E-state index in [-0.39, 0.29) is 17.7 Å². The second kappa shape index (κ2) is 6.84. The van der Waals surface area contributed by atoms with Gasteiger partial charge in [-0.2, -0.15) is 10.1 Å². The van der Waals surface area contributed by atoms with Gasteiger partial charge >= 0.3 is 0 Å². The molecule has 5 rings (SSSR count). The Morgan fingerprint density at radius 2 is 2.21 bits per heavy atom. The van der Waals surface area contributed by atoms with Crippen molar-refractivity contribution in [3.8, 4) is 10.7 Å². The number of rotatable bonds is 5. The standard InChI is InChI=1S/C20H23N5O2S/c1-11-3-6-15(28-11)18-23-20(27-24-18)17-14-5-4-13(7-14)16(17)19(26)21-8-12-9-22-25(2)10-12/h3,6,9-10,13-14,16-17H,4-5,7-8H2,1-2H3,(H,21,26)/t13-,14+,16-,17-/m0/s1. The average Bonchev–Trinajstić information content (AvgIpc) is 3.46. The molecular weight excluding hydrogens is 374 g/mol. The average molecular weight is 398 g/mol. The maximum atomic E-state index is 13.1. The van der Waals surface area contributed by atoms with Crippen LogP contribution in [0.3, 0.4) is 0 Å². The van der Waals surface area contributed by atoms with Gasteiger partial charge in [0.15, 0.2) is 0 Å². The summed E-state index contributed by atoms with van der Waals surface area (Å²) >= 11 is 1.65. The molecule has 0 spiro atoms. The summed E-state index contributed by atoms with van der Waals surface area (Å²) < 4.78 is 7.41. The summed E-state index contributed by atoms with van der Waals surface area (Å²) in [5.41, 5.74) is 1.00. The SMILES string of the molecule is Cc1ccc(-c2noc([C@H]3[C@@H]4CC[C@@H](C4)[C@@H]3C(=O)NCc3cnn(C)c3)n2)s1. The first-order chi connectivity index (χ1) is 13.6. The Morgan fingerprint density at radius 3 is 2.96 bits per heavy atom. The van der Waals surface area contributed by atoms with Crippen molar-refractivity contribution in [2.24, 2.45) is 24.8 Å². The van der Waals surface area contributed by atoms with Crippen molar-refractivity contribution in [2.45, 2.75) is 38.6 Å². The number of aromatic nitrogens is 4. The van der Waals surface area contributed by atoms with Crippen molar-refractivity contribution in [3.63, 3.8) is 0 Å². The Balaban J connectivity index is 1.35. The van der Waals surface area contributed by atoms with Crippen LogP contribution >= 0.6 is 11.3 Å². The highest BCUT2D eigenvalue weighted by molar-refractivity contribution is 7.15. The molecule has 2 saturated carbocycles. The van der Waals surface area contributed by atoms with E-state index >= 15 is 0 Å². The van der Waals surface area contributed by atoms with Crippen LogP contribution in [0.15, 0.2) is 29.0 Å². The zero-order chi connectivity index (χ0) is 19.3. The zero-order valence-corrected chi connectivity index (χ0v) is 16.8. The van der Waals surface area contributed by atoms with Gasteiger partial charge in [0.2, 0.25) is 17.6 Å². The molecule has 8 heteroatoms. The summed E-state index contributed by atoms with van der Waals surface area (Å²) in [4.78, 5) is 20.0. The highest BCUT2D eigenvalue weighted by Crippen LogP contribution is 2.56. The van der Waals surface area contributed by atoms with Crippen molar-refractivity contribution in [2.75, 3.05) is 0 Å². The quantitative estimate of drug-likeness (QED) is 0.714. The number of carbonyl (C=O) groups is 1. The van der Waals surface area contributed by atoms with Crippen LogP contribution in [-0.2, 0) is 18.4 Å². The number of amides is 1. The van der Waals surface area contributed by atoms with E-state index in [1.54, 1.807) is 22.2 Å². The number of carbonyl (C=O) groups excluding carboxylic acids is 1. The summed E-state index contributed by atoms with van der Waals surface area (Å²) in [6, 6.07) is 4.08. The fourth-order valence-corrected chi connectivity index (χ4v) is 5.71. The number of hydrogen-bond acceptors (Lipinski definition) is 6. The van der Waals surface area contributed by atoms with Gasteiger partial charge in [0.25, 0.3) is 0 Å². The lowest BCUT2D eigenvalue weighted by atomic mass is 9.78. The minimum Gasteiger partial charge on any atom is -0.352 e. The molecule has 1 N–H and O–H groups in total. The van der Waals surface area contributed by atoms with Crippen LogP contribution < -0.4 is 5.32 Å². The number of nitrogens with zero attached hydrogens (tertiary/aromatic N) is 4. The molecule has 2 bridgehead atoms. The molecule has 1 amide bonds. The Kier molecular flexibility index (Phi) is 4.30. The molecule has 0 saturated heterocycles. The fourth-order valence-electron chi connectivity index (χ4n) is 4.92. The van der Waals surface area contributed by atoms with E-state index in [9.17, 15) is 4.79 Å². The Hall–Kier alpha value is -2.48. The third-order valence-electron chi connectivity index (χ3n) is 6.13. The third-order valence-corrected chi connectivity index (χ3v) is 7.13. The van der Waals surface area contributed by atoms with Crippen molar-refractivity contribution >= 4 is 17.2 Å². The van der Waals surface area contributed by atoms with E-state index < -0.39 is 0 Å². The smallest absolute Gasteiger partial charge is 0.231 e. The van der Waals surface area contributed by atoms with E-state index in [2.05, 4.69) is 33.5 Å². The number of aryl methyl sites for hydroxylation is 2. The topological polar surface area (TPSA) is 85.8 Å². The lowest BCUT2D eigenvalue weighted by Crippen LogP contribution is -2.37. The molecule has 3 aromatic rings. The van der Waals surface area contributed by atoms with E-state index in [0.29, 0.717) is 30.1 Å². The summed E-state index contributed by atoms with van der Waals surface area (Å²) in [6.45, 7) is 2.56. The molecule has 2 aliphatic rings. The lowest BCUT2D eigenvalue weighted by Gasteiger charge is -2.27. The van der Waals surface area contributed by atoms with Crippen molar-refractivity contribution < 1.29 is 9.32 Å². The molecule has 0 aliphatic heterocycles. The van der Waals surface area contributed by atoms with E-state index in [1.807, 2.05) is 19.3 Å². The number of hydrogen-bond donors (Lipinski definition) is 1. The zero-order valence-electron chi connectivity index (χ0n) is 16.0. The Labute approximate surface area is 167 Å². The normalized spacial score (nSPS) is 26.1.